The third kappa shape index (κ3) is 3.92. The van der Waals surface area contributed by atoms with E-state index in [9.17, 15) is 4.79 Å². The normalized spacial score (nSPS) is 10.9. The van der Waals surface area contributed by atoms with Crippen molar-refractivity contribution in [2.45, 2.75) is 20.0 Å². The summed E-state index contributed by atoms with van der Waals surface area (Å²) in [6, 6.07) is 1.51. The molecule has 0 aliphatic rings. The number of rotatable bonds is 3. The number of nitrogens with two attached hydrogens (primary N) is 1. The topological polar surface area (TPSA) is 88.5 Å². The lowest BCUT2D eigenvalue weighted by atomic mass is 10.4. The maximum Gasteiger partial charge on any atom is 0.281 e. The Labute approximate surface area is 64.4 Å². The van der Waals surface area contributed by atoms with Gasteiger partial charge in [-0.05, 0) is 13.8 Å². The van der Waals surface area contributed by atoms with Crippen molar-refractivity contribution >= 4 is 11.6 Å². The summed E-state index contributed by atoms with van der Waals surface area (Å²) in [6.07, 6.45) is -0.169. The fraction of sp³-hybridized carbons (Fsp3) is 0.500. The van der Waals surface area contributed by atoms with Crippen LogP contribution in [0.25, 0.3) is 0 Å². The van der Waals surface area contributed by atoms with Gasteiger partial charge in [0, 0.05) is 0 Å². The van der Waals surface area contributed by atoms with Crippen LogP contribution in [0.3, 0.4) is 0 Å². The second-order valence-electron chi connectivity index (χ2n) is 2.07. The Morgan fingerprint density at radius 2 is 2.27 bits per heavy atom. The molecule has 0 bridgehead atoms. The van der Waals surface area contributed by atoms with E-state index in [4.69, 9.17) is 11.0 Å². The summed E-state index contributed by atoms with van der Waals surface area (Å²) in [5.41, 5.74) is 4.34. The highest BCUT2D eigenvalue weighted by molar-refractivity contribution is 6.44. The number of hydrogen-bond donors (Lipinski definition) is 1. The van der Waals surface area contributed by atoms with E-state index in [1.54, 1.807) is 13.8 Å². The second kappa shape index (κ2) is 4.28. The van der Waals surface area contributed by atoms with Crippen molar-refractivity contribution < 1.29 is 9.63 Å². The van der Waals surface area contributed by atoms with Crippen molar-refractivity contribution in [3.63, 3.8) is 0 Å². The first-order valence-corrected chi connectivity index (χ1v) is 3.01. The van der Waals surface area contributed by atoms with E-state index in [1.807, 2.05) is 0 Å². The van der Waals surface area contributed by atoms with Crippen LogP contribution in [0.2, 0.25) is 0 Å². The molecule has 0 radical (unpaired) electrons. The lowest BCUT2D eigenvalue weighted by Crippen LogP contribution is -2.22. The molecule has 60 valence electrons. The van der Waals surface area contributed by atoms with Gasteiger partial charge in [0.05, 0.1) is 0 Å². The molecular weight excluding hydrogens is 146 g/mol. The third-order valence-electron chi connectivity index (χ3n) is 0.694. The van der Waals surface area contributed by atoms with Crippen LogP contribution in [-0.2, 0) is 9.63 Å². The van der Waals surface area contributed by atoms with Gasteiger partial charge in [0.25, 0.3) is 5.91 Å². The number of carbonyl (C=O) groups is 1. The Morgan fingerprint density at radius 3 is 2.55 bits per heavy atom. The van der Waals surface area contributed by atoms with Crippen LogP contribution in [0, 0.1) is 11.3 Å². The van der Waals surface area contributed by atoms with Gasteiger partial charge in [-0.1, -0.05) is 5.16 Å². The molecular formula is C6H9N3O2. The molecule has 0 aromatic carbocycles. The van der Waals surface area contributed by atoms with Gasteiger partial charge in [-0.2, -0.15) is 5.26 Å². The molecule has 11 heavy (non-hydrogen) atoms. The van der Waals surface area contributed by atoms with E-state index < -0.39 is 11.6 Å². The van der Waals surface area contributed by atoms with Gasteiger partial charge in [0.15, 0.2) is 0 Å². The maximum absolute atomic E-state index is 10.3. The van der Waals surface area contributed by atoms with Crippen LogP contribution in [0.15, 0.2) is 5.16 Å². The first-order valence-electron chi connectivity index (χ1n) is 3.01. The molecule has 0 aromatic heterocycles. The van der Waals surface area contributed by atoms with Crippen LogP contribution < -0.4 is 5.73 Å². The van der Waals surface area contributed by atoms with Crippen molar-refractivity contribution in [1.82, 2.24) is 0 Å². The Bertz CT molecular complexity index is 214. The van der Waals surface area contributed by atoms with Gasteiger partial charge in [-0.3, -0.25) is 4.79 Å². The Hall–Kier alpha value is -1.57. The largest absolute Gasteiger partial charge is 0.392 e. The molecule has 2 N–H and O–H groups in total. The minimum Gasteiger partial charge on any atom is -0.392 e. The maximum atomic E-state index is 10.3. The molecule has 0 spiro atoms. The van der Waals surface area contributed by atoms with E-state index in [2.05, 4.69) is 9.99 Å². The molecule has 0 heterocycles. The van der Waals surface area contributed by atoms with Crippen molar-refractivity contribution in [1.29, 1.82) is 5.26 Å². The second-order valence-corrected chi connectivity index (χ2v) is 2.07. The summed E-state index contributed by atoms with van der Waals surface area (Å²) in [5.74, 6) is -0.881. The Kier molecular flexibility index (Phi) is 3.67. The number of hydrogen-bond acceptors (Lipinski definition) is 4. The highest BCUT2D eigenvalue weighted by atomic mass is 16.6. The summed E-state index contributed by atoms with van der Waals surface area (Å²) >= 11 is 0. The zero-order valence-corrected chi connectivity index (χ0v) is 6.37. The summed E-state index contributed by atoms with van der Waals surface area (Å²) in [6.45, 7) is 3.44. The fourth-order valence-corrected chi connectivity index (χ4v) is 0.279. The van der Waals surface area contributed by atoms with Crippen LogP contribution in [-0.4, -0.2) is 17.7 Å². The molecule has 1 amide bonds. The third-order valence-corrected chi connectivity index (χ3v) is 0.694. The molecule has 0 aromatic rings. The minimum atomic E-state index is -0.881. The number of nitrogens with zero attached hydrogens (tertiary/aromatic N) is 2. The highest BCUT2D eigenvalue weighted by Crippen LogP contribution is 1.88. The standard InChI is InChI=1S/C6H9N3O2/c1-4(2)11-9-5(3-7)6(8)10/h4H,1-2H3,(H2,8,10)/b9-5+. The summed E-state index contributed by atoms with van der Waals surface area (Å²) in [7, 11) is 0. The Balaban J connectivity index is 4.17. The lowest BCUT2D eigenvalue weighted by molar-refractivity contribution is -0.112. The van der Waals surface area contributed by atoms with Crippen LogP contribution in [0.4, 0.5) is 0 Å². The number of amides is 1. The summed E-state index contributed by atoms with van der Waals surface area (Å²) in [4.78, 5) is 15.0. The van der Waals surface area contributed by atoms with Gasteiger partial charge >= 0.3 is 0 Å². The summed E-state index contributed by atoms with van der Waals surface area (Å²) in [5, 5.41) is 11.5. The first kappa shape index (κ1) is 9.43. The van der Waals surface area contributed by atoms with Crippen LogP contribution >= 0.6 is 0 Å². The number of primary amides is 1. The molecule has 0 saturated heterocycles. The van der Waals surface area contributed by atoms with Gasteiger partial charge < -0.3 is 10.6 Å². The monoisotopic (exact) mass is 155 g/mol. The molecule has 0 unspecified atom stereocenters. The fourth-order valence-electron chi connectivity index (χ4n) is 0.279. The zero-order chi connectivity index (χ0) is 8.85. The molecule has 0 rings (SSSR count). The number of oxime groups is 1. The quantitative estimate of drug-likeness (QED) is 0.451. The molecule has 0 aliphatic carbocycles. The minimum absolute atomic E-state index is 0.169. The van der Waals surface area contributed by atoms with Gasteiger partial charge in [-0.15, -0.1) is 0 Å². The van der Waals surface area contributed by atoms with E-state index in [1.165, 1.54) is 6.07 Å². The average molecular weight is 155 g/mol. The van der Waals surface area contributed by atoms with E-state index in [-0.39, 0.29) is 6.10 Å². The molecule has 5 heteroatoms. The number of nitriles is 1. The van der Waals surface area contributed by atoms with E-state index >= 15 is 0 Å². The highest BCUT2D eigenvalue weighted by Gasteiger charge is 2.05. The van der Waals surface area contributed by atoms with Gasteiger partial charge in [-0.25, -0.2) is 0 Å². The predicted octanol–water partition coefficient (Wildman–Crippen LogP) is -0.224. The number of carbonyl (C=O) groups excluding carboxylic acids is 1. The van der Waals surface area contributed by atoms with Crippen LogP contribution in [0.5, 0.6) is 0 Å². The first-order chi connectivity index (χ1) is 5.07. The van der Waals surface area contributed by atoms with Crippen molar-refractivity contribution in [3.05, 3.63) is 0 Å². The van der Waals surface area contributed by atoms with Crippen molar-refractivity contribution in [2.75, 3.05) is 0 Å². The molecule has 0 saturated carbocycles. The average Bonchev–Trinajstić information content (AvgIpc) is 1.87. The van der Waals surface area contributed by atoms with E-state index in [0.717, 1.165) is 0 Å². The Morgan fingerprint density at radius 1 is 1.73 bits per heavy atom. The van der Waals surface area contributed by atoms with Crippen molar-refractivity contribution in [3.8, 4) is 6.07 Å². The lowest BCUT2D eigenvalue weighted by Gasteiger charge is -2.00. The van der Waals surface area contributed by atoms with Gasteiger partial charge in [0.2, 0.25) is 5.71 Å². The molecule has 0 aliphatic heterocycles. The zero-order valence-electron chi connectivity index (χ0n) is 6.37. The van der Waals surface area contributed by atoms with Gasteiger partial charge in [0.1, 0.15) is 12.2 Å². The summed E-state index contributed by atoms with van der Waals surface area (Å²) < 4.78 is 0. The predicted molar refractivity (Wildman–Crippen MR) is 38.5 cm³/mol. The smallest absolute Gasteiger partial charge is 0.281 e. The SMILES string of the molecule is CC(C)O/N=C(\C#N)C(N)=O. The van der Waals surface area contributed by atoms with E-state index in [0.29, 0.717) is 0 Å². The molecule has 5 nitrogen and oxygen atoms in total. The molecule has 0 atom stereocenters. The molecule has 0 fully saturated rings. The van der Waals surface area contributed by atoms with Crippen molar-refractivity contribution in [2.24, 2.45) is 10.9 Å². The van der Waals surface area contributed by atoms with Crippen LogP contribution in [0.1, 0.15) is 13.8 Å².